The standard InChI is InChI=1S/C13H21N3O4/c1-3-4-5-11(13(18)19)14-12(17)10-6-7-16(15-10)8-9-20-2/h6-7,11H,3-5,8-9H2,1-2H3,(H,14,17)(H,18,19)/t11-/m0/s1. The first-order chi connectivity index (χ1) is 9.58. The Bertz CT molecular complexity index is 445. The quantitative estimate of drug-likeness (QED) is 0.702. The molecule has 1 heterocycles. The summed E-state index contributed by atoms with van der Waals surface area (Å²) < 4.78 is 6.50. The average Bonchev–Trinajstić information content (AvgIpc) is 2.89. The molecule has 0 aliphatic rings. The van der Waals surface area contributed by atoms with Gasteiger partial charge in [0.2, 0.25) is 0 Å². The van der Waals surface area contributed by atoms with Gasteiger partial charge in [0.05, 0.1) is 13.2 Å². The molecule has 0 aromatic carbocycles. The fourth-order valence-electron chi connectivity index (χ4n) is 1.69. The lowest BCUT2D eigenvalue weighted by molar-refractivity contribution is -0.139. The van der Waals surface area contributed by atoms with E-state index in [0.29, 0.717) is 19.6 Å². The van der Waals surface area contributed by atoms with Crippen LogP contribution in [-0.4, -0.2) is 46.5 Å². The first-order valence-electron chi connectivity index (χ1n) is 6.64. The Balaban J connectivity index is 2.59. The molecule has 0 saturated heterocycles. The number of ether oxygens (including phenoxy) is 1. The zero-order valence-electron chi connectivity index (χ0n) is 11.8. The number of amides is 1. The summed E-state index contributed by atoms with van der Waals surface area (Å²) in [5.74, 6) is -1.49. The zero-order chi connectivity index (χ0) is 15.0. The summed E-state index contributed by atoms with van der Waals surface area (Å²) in [7, 11) is 1.59. The number of rotatable bonds is 9. The molecule has 0 saturated carbocycles. The molecule has 2 N–H and O–H groups in total. The summed E-state index contributed by atoms with van der Waals surface area (Å²) in [6.07, 6.45) is 3.71. The van der Waals surface area contributed by atoms with Crippen LogP contribution in [0.15, 0.2) is 12.3 Å². The molecule has 20 heavy (non-hydrogen) atoms. The van der Waals surface area contributed by atoms with Crippen LogP contribution in [0.3, 0.4) is 0 Å². The molecule has 0 unspecified atom stereocenters. The van der Waals surface area contributed by atoms with E-state index >= 15 is 0 Å². The maximum atomic E-state index is 11.9. The summed E-state index contributed by atoms with van der Waals surface area (Å²) in [5.41, 5.74) is 0.212. The van der Waals surface area contributed by atoms with Gasteiger partial charge in [0.1, 0.15) is 11.7 Å². The molecule has 7 heteroatoms. The van der Waals surface area contributed by atoms with Gasteiger partial charge >= 0.3 is 5.97 Å². The Morgan fingerprint density at radius 2 is 2.30 bits per heavy atom. The number of hydrogen-bond donors (Lipinski definition) is 2. The fourth-order valence-corrected chi connectivity index (χ4v) is 1.69. The summed E-state index contributed by atoms with van der Waals surface area (Å²) in [6, 6.07) is 0.690. The first-order valence-corrected chi connectivity index (χ1v) is 6.64. The lowest BCUT2D eigenvalue weighted by Gasteiger charge is -2.12. The average molecular weight is 283 g/mol. The van der Waals surface area contributed by atoms with E-state index in [4.69, 9.17) is 9.84 Å². The van der Waals surface area contributed by atoms with Crippen molar-refractivity contribution >= 4 is 11.9 Å². The smallest absolute Gasteiger partial charge is 0.326 e. The second-order valence-electron chi connectivity index (χ2n) is 4.46. The maximum absolute atomic E-state index is 11.9. The van der Waals surface area contributed by atoms with Crippen LogP contribution >= 0.6 is 0 Å². The van der Waals surface area contributed by atoms with E-state index < -0.39 is 17.9 Å². The van der Waals surface area contributed by atoms with Gasteiger partial charge in [0.15, 0.2) is 0 Å². The van der Waals surface area contributed by atoms with Gasteiger partial charge in [-0.1, -0.05) is 19.8 Å². The van der Waals surface area contributed by atoms with Crippen LogP contribution in [0.1, 0.15) is 36.7 Å². The molecule has 0 aliphatic heterocycles. The predicted molar refractivity (Wildman–Crippen MR) is 72.5 cm³/mol. The first kappa shape index (κ1) is 16.2. The number of methoxy groups -OCH3 is 1. The second kappa shape index (κ2) is 8.31. The van der Waals surface area contributed by atoms with Crippen molar-refractivity contribution in [1.82, 2.24) is 15.1 Å². The number of unbranched alkanes of at least 4 members (excludes halogenated alkanes) is 1. The lowest BCUT2D eigenvalue weighted by atomic mass is 10.1. The van der Waals surface area contributed by atoms with Gasteiger partial charge in [0, 0.05) is 13.3 Å². The number of nitrogens with zero attached hydrogens (tertiary/aromatic N) is 2. The van der Waals surface area contributed by atoms with E-state index in [1.54, 1.807) is 24.1 Å². The summed E-state index contributed by atoms with van der Waals surface area (Å²) >= 11 is 0. The number of carbonyl (C=O) groups excluding carboxylic acids is 1. The molecule has 0 bridgehead atoms. The number of hydrogen-bond acceptors (Lipinski definition) is 4. The highest BCUT2D eigenvalue weighted by Gasteiger charge is 2.21. The van der Waals surface area contributed by atoms with Gasteiger partial charge < -0.3 is 15.2 Å². The minimum Gasteiger partial charge on any atom is -0.480 e. The molecule has 7 nitrogen and oxygen atoms in total. The minimum atomic E-state index is -1.02. The van der Waals surface area contributed by atoms with Gasteiger partial charge in [-0.15, -0.1) is 0 Å². The number of carboxylic acids is 1. The number of carboxylic acid groups (broad SMARTS) is 1. The summed E-state index contributed by atoms with van der Waals surface area (Å²) in [6.45, 7) is 3.01. The fraction of sp³-hybridized carbons (Fsp3) is 0.615. The predicted octanol–water partition coefficient (Wildman–Crippen LogP) is 0.903. The summed E-state index contributed by atoms with van der Waals surface area (Å²) in [5, 5.41) is 15.6. The van der Waals surface area contributed by atoms with Crippen molar-refractivity contribution in [3.63, 3.8) is 0 Å². The number of aliphatic carboxylic acids is 1. The van der Waals surface area contributed by atoms with Gasteiger partial charge in [-0.25, -0.2) is 4.79 Å². The third kappa shape index (κ3) is 5.00. The third-order valence-corrected chi connectivity index (χ3v) is 2.85. The van der Waals surface area contributed by atoms with E-state index in [0.717, 1.165) is 12.8 Å². The van der Waals surface area contributed by atoms with Crippen molar-refractivity contribution in [3.05, 3.63) is 18.0 Å². The van der Waals surface area contributed by atoms with Crippen molar-refractivity contribution in [2.45, 2.75) is 38.8 Å². The number of carbonyl (C=O) groups is 2. The van der Waals surface area contributed by atoms with Gasteiger partial charge in [-0.2, -0.15) is 5.10 Å². The molecular formula is C13H21N3O4. The van der Waals surface area contributed by atoms with E-state index in [-0.39, 0.29) is 5.69 Å². The Morgan fingerprint density at radius 3 is 2.90 bits per heavy atom. The van der Waals surface area contributed by atoms with Gasteiger partial charge in [0.25, 0.3) is 5.91 Å². The lowest BCUT2D eigenvalue weighted by Crippen LogP contribution is -2.40. The Kier molecular flexibility index (Phi) is 6.72. The van der Waals surface area contributed by atoms with Crippen molar-refractivity contribution in [3.8, 4) is 0 Å². The van der Waals surface area contributed by atoms with Gasteiger partial charge in [-0.05, 0) is 12.5 Å². The minimum absolute atomic E-state index is 0.212. The Labute approximate surface area is 117 Å². The van der Waals surface area contributed by atoms with Crippen molar-refractivity contribution < 1.29 is 19.4 Å². The molecule has 0 radical (unpaired) electrons. The highest BCUT2D eigenvalue weighted by molar-refractivity contribution is 5.94. The highest BCUT2D eigenvalue weighted by atomic mass is 16.5. The molecule has 0 spiro atoms. The molecule has 1 atom stereocenters. The highest BCUT2D eigenvalue weighted by Crippen LogP contribution is 2.03. The molecule has 1 rings (SSSR count). The maximum Gasteiger partial charge on any atom is 0.326 e. The van der Waals surface area contributed by atoms with Crippen molar-refractivity contribution in [2.75, 3.05) is 13.7 Å². The largest absolute Gasteiger partial charge is 0.480 e. The Hall–Kier alpha value is -1.89. The van der Waals surface area contributed by atoms with E-state index in [1.165, 1.54) is 0 Å². The normalized spacial score (nSPS) is 12.1. The van der Waals surface area contributed by atoms with E-state index in [1.807, 2.05) is 6.92 Å². The second-order valence-corrected chi connectivity index (χ2v) is 4.46. The molecule has 112 valence electrons. The Morgan fingerprint density at radius 1 is 1.55 bits per heavy atom. The van der Waals surface area contributed by atoms with Crippen LogP contribution in [0.2, 0.25) is 0 Å². The molecule has 0 aliphatic carbocycles. The van der Waals surface area contributed by atoms with Crippen LogP contribution in [0, 0.1) is 0 Å². The molecule has 0 fully saturated rings. The molecule has 1 aromatic rings. The van der Waals surface area contributed by atoms with E-state index in [2.05, 4.69) is 10.4 Å². The topological polar surface area (TPSA) is 93.5 Å². The molecular weight excluding hydrogens is 262 g/mol. The SMILES string of the molecule is CCCC[C@H](NC(=O)c1ccn(CCOC)n1)C(=O)O. The number of aromatic nitrogens is 2. The third-order valence-electron chi connectivity index (χ3n) is 2.85. The zero-order valence-corrected chi connectivity index (χ0v) is 11.8. The molecule has 1 aromatic heterocycles. The monoisotopic (exact) mass is 283 g/mol. The molecule has 1 amide bonds. The van der Waals surface area contributed by atoms with Crippen LogP contribution in [0.5, 0.6) is 0 Å². The summed E-state index contributed by atoms with van der Waals surface area (Å²) in [4.78, 5) is 23.0. The number of nitrogens with one attached hydrogen (secondary N) is 1. The van der Waals surface area contributed by atoms with Crippen LogP contribution < -0.4 is 5.32 Å². The van der Waals surface area contributed by atoms with Crippen LogP contribution in [0.25, 0.3) is 0 Å². The van der Waals surface area contributed by atoms with Crippen molar-refractivity contribution in [1.29, 1.82) is 0 Å². The van der Waals surface area contributed by atoms with Crippen molar-refractivity contribution in [2.24, 2.45) is 0 Å². The van der Waals surface area contributed by atoms with E-state index in [9.17, 15) is 9.59 Å². The van der Waals surface area contributed by atoms with Crippen LogP contribution in [0.4, 0.5) is 0 Å². The van der Waals surface area contributed by atoms with Gasteiger partial charge in [-0.3, -0.25) is 9.48 Å². The van der Waals surface area contributed by atoms with Crippen LogP contribution in [-0.2, 0) is 16.1 Å².